The highest BCUT2D eigenvalue weighted by Gasteiger charge is 2.06. The average molecular weight is 204 g/mol. The summed E-state index contributed by atoms with van der Waals surface area (Å²) in [5.74, 6) is 0.122. The Morgan fingerprint density at radius 1 is 1.40 bits per heavy atom. The normalized spacial score (nSPS) is 10.8. The van der Waals surface area contributed by atoms with Gasteiger partial charge in [-0.25, -0.2) is 9.37 Å². The van der Waals surface area contributed by atoms with E-state index in [9.17, 15) is 4.39 Å². The third-order valence-electron chi connectivity index (χ3n) is 2.43. The molecule has 0 atom stereocenters. The minimum absolute atomic E-state index is 0.317. The van der Waals surface area contributed by atoms with E-state index < -0.39 is 0 Å². The number of para-hydroxylation sites is 1. The van der Waals surface area contributed by atoms with E-state index >= 15 is 0 Å². The number of pyridine rings is 1. The van der Waals surface area contributed by atoms with Crippen molar-refractivity contribution in [3.63, 3.8) is 0 Å². The van der Waals surface area contributed by atoms with Crippen molar-refractivity contribution in [1.82, 2.24) is 4.98 Å². The van der Waals surface area contributed by atoms with Crippen molar-refractivity contribution in [2.24, 2.45) is 0 Å². The summed E-state index contributed by atoms with van der Waals surface area (Å²) >= 11 is 0. The van der Waals surface area contributed by atoms with Gasteiger partial charge in [0.1, 0.15) is 17.2 Å². The van der Waals surface area contributed by atoms with Crippen LogP contribution < -0.4 is 5.73 Å². The molecule has 1 aromatic heterocycles. The van der Waals surface area contributed by atoms with E-state index in [1.807, 2.05) is 12.1 Å². The van der Waals surface area contributed by atoms with Gasteiger partial charge in [0.2, 0.25) is 0 Å². The molecule has 0 spiro atoms. The second-order valence-corrected chi connectivity index (χ2v) is 3.59. The van der Waals surface area contributed by atoms with Gasteiger partial charge in [0.05, 0.1) is 0 Å². The van der Waals surface area contributed by atoms with E-state index in [1.54, 1.807) is 6.07 Å². The third-order valence-corrected chi connectivity index (χ3v) is 2.43. The first-order valence-corrected chi connectivity index (χ1v) is 5.06. The van der Waals surface area contributed by atoms with Crippen LogP contribution in [0.25, 0.3) is 10.9 Å². The number of hydrogen-bond acceptors (Lipinski definition) is 2. The Morgan fingerprint density at radius 3 is 2.93 bits per heavy atom. The van der Waals surface area contributed by atoms with Crippen molar-refractivity contribution in [3.8, 4) is 0 Å². The highest BCUT2D eigenvalue weighted by atomic mass is 19.1. The molecule has 0 fully saturated rings. The van der Waals surface area contributed by atoms with Crippen LogP contribution >= 0.6 is 0 Å². The zero-order chi connectivity index (χ0) is 10.8. The fraction of sp³-hybridized carbons (Fsp3) is 0.250. The van der Waals surface area contributed by atoms with Crippen LogP contribution in [-0.2, 0) is 6.42 Å². The van der Waals surface area contributed by atoms with Gasteiger partial charge in [-0.3, -0.25) is 0 Å². The molecule has 3 heteroatoms. The molecular formula is C12H13FN2. The number of anilines is 1. The van der Waals surface area contributed by atoms with Crippen molar-refractivity contribution < 1.29 is 4.39 Å². The lowest BCUT2D eigenvalue weighted by Crippen LogP contribution is -1.99. The Kier molecular flexibility index (Phi) is 2.54. The van der Waals surface area contributed by atoms with Gasteiger partial charge in [0.25, 0.3) is 0 Å². The Hall–Kier alpha value is -1.64. The molecule has 0 radical (unpaired) electrons. The number of aryl methyl sites for hydroxylation is 1. The number of fused-ring (bicyclic) bond motifs is 1. The summed E-state index contributed by atoms with van der Waals surface area (Å²) < 4.78 is 13.4. The number of nitrogens with two attached hydrogens (primary N) is 1. The van der Waals surface area contributed by atoms with Crippen LogP contribution in [0.1, 0.15) is 18.9 Å². The van der Waals surface area contributed by atoms with Crippen molar-refractivity contribution in [2.75, 3.05) is 5.73 Å². The van der Waals surface area contributed by atoms with Gasteiger partial charge in [-0.15, -0.1) is 0 Å². The molecule has 0 aliphatic rings. The van der Waals surface area contributed by atoms with Gasteiger partial charge in [0.15, 0.2) is 0 Å². The number of nitrogens with zero attached hydrogens (tertiary/aromatic N) is 1. The fourth-order valence-electron chi connectivity index (χ4n) is 1.69. The Labute approximate surface area is 87.9 Å². The van der Waals surface area contributed by atoms with Gasteiger partial charge >= 0.3 is 0 Å². The molecule has 0 aliphatic heterocycles. The number of halogens is 1. The monoisotopic (exact) mass is 204 g/mol. The maximum absolute atomic E-state index is 13.4. The predicted octanol–water partition coefficient (Wildman–Crippen LogP) is 2.91. The molecule has 0 unspecified atom stereocenters. The van der Waals surface area contributed by atoms with Crippen LogP contribution in [0.15, 0.2) is 24.3 Å². The van der Waals surface area contributed by atoms with E-state index in [1.165, 1.54) is 6.07 Å². The molecule has 78 valence electrons. The quantitative estimate of drug-likeness (QED) is 0.816. The molecule has 0 saturated carbocycles. The molecular weight excluding hydrogens is 191 g/mol. The van der Waals surface area contributed by atoms with Crippen LogP contribution in [-0.4, -0.2) is 4.98 Å². The molecule has 0 saturated heterocycles. The standard InChI is InChI=1S/C12H13FN2/c1-2-4-9-7-8-5-3-6-10(13)11(8)15-12(9)14/h3,5-7H,2,4H2,1H3,(H2,14,15). The van der Waals surface area contributed by atoms with Crippen molar-refractivity contribution in [2.45, 2.75) is 19.8 Å². The maximum Gasteiger partial charge on any atom is 0.149 e. The van der Waals surface area contributed by atoms with E-state index in [0.29, 0.717) is 11.3 Å². The van der Waals surface area contributed by atoms with Gasteiger partial charge in [0, 0.05) is 5.39 Å². The summed E-state index contributed by atoms with van der Waals surface area (Å²) in [6.07, 6.45) is 1.89. The zero-order valence-electron chi connectivity index (χ0n) is 8.63. The lowest BCUT2D eigenvalue weighted by molar-refractivity contribution is 0.637. The number of aromatic nitrogens is 1. The lowest BCUT2D eigenvalue weighted by atomic mass is 10.1. The molecule has 1 aromatic carbocycles. The number of hydrogen-bond donors (Lipinski definition) is 1. The van der Waals surface area contributed by atoms with E-state index in [4.69, 9.17) is 5.73 Å². The highest BCUT2D eigenvalue weighted by Crippen LogP contribution is 2.21. The maximum atomic E-state index is 13.4. The van der Waals surface area contributed by atoms with Crippen LogP contribution in [0.2, 0.25) is 0 Å². The smallest absolute Gasteiger partial charge is 0.149 e. The SMILES string of the molecule is CCCc1cc2cccc(F)c2nc1N. The number of rotatable bonds is 2. The first-order valence-electron chi connectivity index (χ1n) is 5.06. The van der Waals surface area contributed by atoms with Crippen LogP contribution in [0, 0.1) is 5.82 Å². The van der Waals surface area contributed by atoms with Gasteiger partial charge < -0.3 is 5.73 Å². The summed E-state index contributed by atoms with van der Waals surface area (Å²) in [6, 6.07) is 6.85. The first-order chi connectivity index (χ1) is 7.22. The van der Waals surface area contributed by atoms with Crippen LogP contribution in [0.5, 0.6) is 0 Å². The first kappa shape index (κ1) is 9.90. The van der Waals surface area contributed by atoms with Crippen molar-refractivity contribution >= 4 is 16.7 Å². The second-order valence-electron chi connectivity index (χ2n) is 3.59. The van der Waals surface area contributed by atoms with Gasteiger partial charge in [-0.2, -0.15) is 0 Å². The molecule has 2 rings (SSSR count). The molecule has 1 heterocycles. The van der Waals surface area contributed by atoms with Gasteiger partial charge in [-0.05, 0) is 24.1 Å². The molecule has 0 bridgehead atoms. The molecule has 2 N–H and O–H groups in total. The third kappa shape index (κ3) is 1.77. The zero-order valence-corrected chi connectivity index (χ0v) is 8.63. The average Bonchev–Trinajstić information content (AvgIpc) is 2.21. The van der Waals surface area contributed by atoms with Crippen molar-refractivity contribution in [3.05, 3.63) is 35.6 Å². The minimum atomic E-state index is -0.317. The van der Waals surface area contributed by atoms with Crippen molar-refractivity contribution in [1.29, 1.82) is 0 Å². The Bertz CT molecular complexity index is 494. The van der Waals surface area contributed by atoms with E-state index in [2.05, 4.69) is 11.9 Å². The van der Waals surface area contributed by atoms with Crippen LogP contribution in [0.3, 0.4) is 0 Å². The summed E-state index contributed by atoms with van der Waals surface area (Å²) in [6.45, 7) is 2.08. The largest absolute Gasteiger partial charge is 0.383 e. The summed E-state index contributed by atoms with van der Waals surface area (Å²) in [4.78, 5) is 4.10. The number of benzene rings is 1. The molecule has 0 amide bonds. The van der Waals surface area contributed by atoms with E-state index in [0.717, 1.165) is 23.8 Å². The summed E-state index contributed by atoms with van der Waals surface area (Å²) in [5, 5.41) is 0.813. The highest BCUT2D eigenvalue weighted by molar-refractivity contribution is 5.81. The summed E-state index contributed by atoms with van der Waals surface area (Å²) in [5.41, 5.74) is 7.12. The molecule has 15 heavy (non-hydrogen) atoms. The second kappa shape index (κ2) is 3.85. The summed E-state index contributed by atoms with van der Waals surface area (Å²) in [7, 11) is 0. The minimum Gasteiger partial charge on any atom is -0.383 e. The molecule has 2 aromatic rings. The Balaban J connectivity index is 2.65. The fourth-order valence-corrected chi connectivity index (χ4v) is 1.69. The topological polar surface area (TPSA) is 38.9 Å². The van der Waals surface area contributed by atoms with Crippen LogP contribution in [0.4, 0.5) is 10.2 Å². The number of nitrogen functional groups attached to an aromatic ring is 1. The van der Waals surface area contributed by atoms with E-state index in [-0.39, 0.29) is 5.82 Å². The Morgan fingerprint density at radius 2 is 2.20 bits per heavy atom. The predicted molar refractivity (Wildman–Crippen MR) is 60.1 cm³/mol. The lowest BCUT2D eigenvalue weighted by Gasteiger charge is -2.06. The van der Waals surface area contributed by atoms with Gasteiger partial charge in [-0.1, -0.05) is 25.5 Å². The molecule has 2 nitrogen and oxygen atoms in total. The molecule has 0 aliphatic carbocycles.